The molecular formula is C18H18ClN3O. The summed E-state index contributed by atoms with van der Waals surface area (Å²) in [5, 5.41) is 13.0. The second kappa shape index (κ2) is 6.99. The Kier molecular flexibility index (Phi) is 4.80. The third-order valence-electron chi connectivity index (χ3n) is 4.34. The molecule has 1 N–H and O–H groups in total. The molecule has 0 amide bonds. The first-order chi connectivity index (χ1) is 11.2. The average molecular weight is 328 g/mol. The number of rotatable bonds is 4. The van der Waals surface area contributed by atoms with E-state index in [1.165, 1.54) is 5.56 Å². The van der Waals surface area contributed by atoms with Gasteiger partial charge in [0.05, 0.1) is 16.7 Å². The fourth-order valence-corrected chi connectivity index (χ4v) is 3.18. The fraction of sp³-hybridized carbons (Fsp3) is 0.333. The second-order valence-electron chi connectivity index (χ2n) is 5.80. The van der Waals surface area contributed by atoms with Gasteiger partial charge >= 0.3 is 0 Å². The third-order valence-corrected chi connectivity index (χ3v) is 4.56. The molecule has 1 aromatic carbocycles. The standard InChI is InChI=1S/C18H18ClN3O/c1-12(23-18-7-6-15(19)9-22-18)16-10-21-11-17(16)14-4-2-13(8-20)3-5-14/h2-7,9,12,16-17,21H,10-11H2,1H3. The van der Waals surface area contributed by atoms with E-state index < -0.39 is 0 Å². The molecule has 2 heterocycles. The molecule has 0 saturated carbocycles. The molecule has 5 heteroatoms. The number of hydrogen-bond donors (Lipinski definition) is 1. The lowest BCUT2D eigenvalue weighted by atomic mass is 9.85. The first kappa shape index (κ1) is 15.8. The molecule has 3 atom stereocenters. The van der Waals surface area contributed by atoms with Crippen molar-refractivity contribution in [2.24, 2.45) is 5.92 Å². The molecule has 1 fully saturated rings. The van der Waals surface area contributed by atoms with Crippen LogP contribution < -0.4 is 10.1 Å². The van der Waals surface area contributed by atoms with E-state index in [4.69, 9.17) is 21.6 Å². The predicted octanol–water partition coefficient (Wildman–Crippen LogP) is 3.38. The summed E-state index contributed by atoms with van der Waals surface area (Å²) < 4.78 is 5.99. The summed E-state index contributed by atoms with van der Waals surface area (Å²) in [6, 6.07) is 13.5. The Bertz CT molecular complexity index is 694. The third kappa shape index (κ3) is 3.64. The van der Waals surface area contributed by atoms with Crippen LogP contribution >= 0.6 is 11.6 Å². The lowest BCUT2D eigenvalue weighted by Crippen LogP contribution is -2.29. The van der Waals surface area contributed by atoms with Crippen LogP contribution in [0.2, 0.25) is 5.02 Å². The van der Waals surface area contributed by atoms with E-state index >= 15 is 0 Å². The van der Waals surface area contributed by atoms with Gasteiger partial charge in [0.15, 0.2) is 0 Å². The number of pyridine rings is 1. The zero-order valence-corrected chi connectivity index (χ0v) is 13.6. The van der Waals surface area contributed by atoms with Crippen molar-refractivity contribution in [2.45, 2.75) is 18.9 Å². The van der Waals surface area contributed by atoms with Crippen molar-refractivity contribution in [1.29, 1.82) is 5.26 Å². The summed E-state index contributed by atoms with van der Waals surface area (Å²) >= 11 is 5.85. The van der Waals surface area contributed by atoms with Gasteiger partial charge in [0.25, 0.3) is 0 Å². The molecule has 1 aromatic heterocycles. The van der Waals surface area contributed by atoms with E-state index in [0.717, 1.165) is 13.1 Å². The molecule has 2 aromatic rings. The minimum Gasteiger partial charge on any atom is -0.474 e. The van der Waals surface area contributed by atoms with Gasteiger partial charge in [-0.2, -0.15) is 5.26 Å². The first-order valence-corrected chi connectivity index (χ1v) is 8.04. The Labute approximate surface area is 141 Å². The van der Waals surface area contributed by atoms with Crippen LogP contribution in [0.25, 0.3) is 0 Å². The predicted molar refractivity (Wildman–Crippen MR) is 89.6 cm³/mol. The van der Waals surface area contributed by atoms with E-state index in [-0.39, 0.29) is 6.10 Å². The summed E-state index contributed by atoms with van der Waals surface area (Å²) in [5.74, 6) is 1.30. The van der Waals surface area contributed by atoms with E-state index in [0.29, 0.717) is 28.3 Å². The Balaban J connectivity index is 1.72. The maximum Gasteiger partial charge on any atom is 0.213 e. The van der Waals surface area contributed by atoms with E-state index in [2.05, 4.69) is 23.3 Å². The van der Waals surface area contributed by atoms with E-state index in [9.17, 15) is 0 Å². The molecule has 4 nitrogen and oxygen atoms in total. The van der Waals surface area contributed by atoms with Gasteiger partial charge < -0.3 is 10.1 Å². The largest absolute Gasteiger partial charge is 0.474 e. The Morgan fingerprint density at radius 3 is 2.70 bits per heavy atom. The molecule has 1 aliphatic rings. The van der Waals surface area contributed by atoms with Crippen LogP contribution in [-0.4, -0.2) is 24.2 Å². The number of nitrogens with zero attached hydrogens (tertiary/aromatic N) is 2. The SMILES string of the molecule is CC(Oc1ccc(Cl)cn1)C1CNCC1c1ccc(C#N)cc1. The van der Waals surface area contributed by atoms with E-state index in [1.807, 2.05) is 24.3 Å². The van der Waals surface area contributed by atoms with Crippen LogP contribution in [-0.2, 0) is 0 Å². The van der Waals surface area contributed by atoms with Crippen LogP contribution in [0.5, 0.6) is 5.88 Å². The smallest absolute Gasteiger partial charge is 0.213 e. The van der Waals surface area contributed by atoms with Gasteiger partial charge in [0.2, 0.25) is 5.88 Å². The molecule has 0 aliphatic carbocycles. The van der Waals surface area contributed by atoms with E-state index in [1.54, 1.807) is 18.3 Å². The number of benzene rings is 1. The summed E-state index contributed by atoms with van der Waals surface area (Å²) in [4.78, 5) is 4.20. The molecule has 3 unspecified atom stereocenters. The van der Waals surface area contributed by atoms with Gasteiger partial charge in [-0.1, -0.05) is 23.7 Å². The van der Waals surface area contributed by atoms with Crippen molar-refractivity contribution < 1.29 is 4.74 Å². The zero-order valence-electron chi connectivity index (χ0n) is 12.9. The molecule has 0 spiro atoms. The highest BCUT2D eigenvalue weighted by Gasteiger charge is 2.33. The second-order valence-corrected chi connectivity index (χ2v) is 6.24. The maximum absolute atomic E-state index is 8.92. The molecule has 118 valence electrons. The van der Waals surface area contributed by atoms with Crippen LogP contribution in [0.3, 0.4) is 0 Å². The summed E-state index contributed by atoms with van der Waals surface area (Å²) in [6.45, 7) is 3.89. The van der Waals surface area contributed by atoms with Gasteiger partial charge in [-0.25, -0.2) is 4.98 Å². The van der Waals surface area contributed by atoms with Crippen LogP contribution in [0.1, 0.15) is 24.0 Å². The topological polar surface area (TPSA) is 57.9 Å². The van der Waals surface area contributed by atoms with Gasteiger partial charge in [-0.05, 0) is 30.7 Å². The highest BCUT2D eigenvalue weighted by molar-refractivity contribution is 6.30. The highest BCUT2D eigenvalue weighted by atomic mass is 35.5. The Hall–Kier alpha value is -2.09. The normalized spacial score (nSPS) is 21.6. The minimum absolute atomic E-state index is 0.0271. The number of ether oxygens (including phenoxy) is 1. The zero-order chi connectivity index (χ0) is 16.2. The molecule has 0 bridgehead atoms. The van der Waals surface area contributed by atoms with Gasteiger partial charge in [0, 0.05) is 37.2 Å². The van der Waals surface area contributed by atoms with Crippen molar-refractivity contribution >= 4 is 11.6 Å². The average Bonchev–Trinajstić information content (AvgIpc) is 3.07. The summed E-state index contributed by atoms with van der Waals surface area (Å²) in [6.07, 6.45) is 1.62. The van der Waals surface area contributed by atoms with Gasteiger partial charge in [-0.15, -0.1) is 0 Å². The molecule has 0 radical (unpaired) electrons. The molecule has 1 aliphatic heterocycles. The van der Waals surface area contributed by atoms with Crippen LogP contribution in [0.15, 0.2) is 42.6 Å². The van der Waals surface area contributed by atoms with Gasteiger partial charge in [-0.3, -0.25) is 0 Å². The Morgan fingerprint density at radius 1 is 1.26 bits per heavy atom. The summed E-state index contributed by atoms with van der Waals surface area (Å²) in [5.41, 5.74) is 1.92. The number of hydrogen-bond acceptors (Lipinski definition) is 4. The number of nitriles is 1. The van der Waals surface area contributed by atoms with Crippen LogP contribution in [0, 0.1) is 17.2 Å². The highest BCUT2D eigenvalue weighted by Crippen LogP contribution is 2.32. The number of aromatic nitrogens is 1. The maximum atomic E-state index is 8.92. The Morgan fingerprint density at radius 2 is 2.04 bits per heavy atom. The van der Waals surface area contributed by atoms with Gasteiger partial charge in [0.1, 0.15) is 6.10 Å². The first-order valence-electron chi connectivity index (χ1n) is 7.66. The number of halogens is 1. The van der Waals surface area contributed by atoms with Crippen molar-refractivity contribution in [3.63, 3.8) is 0 Å². The lowest BCUT2D eigenvalue weighted by Gasteiger charge is -2.25. The van der Waals surface area contributed by atoms with Crippen molar-refractivity contribution in [3.05, 3.63) is 58.7 Å². The fourth-order valence-electron chi connectivity index (χ4n) is 3.07. The lowest BCUT2D eigenvalue weighted by molar-refractivity contribution is 0.145. The molecular weight excluding hydrogens is 310 g/mol. The molecule has 1 saturated heterocycles. The van der Waals surface area contributed by atoms with Crippen LogP contribution in [0.4, 0.5) is 0 Å². The van der Waals surface area contributed by atoms with Crippen molar-refractivity contribution in [1.82, 2.24) is 10.3 Å². The van der Waals surface area contributed by atoms with Crippen molar-refractivity contribution in [3.8, 4) is 11.9 Å². The molecule has 23 heavy (non-hydrogen) atoms. The summed E-state index contributed by atoms with van der Waals surface area (Å²) in [7, 11) is 0. The van der Waals surface area contributed by atoms with Crippen molar-refractivity contribution in [2.75, 3.05) is 13.1 Å². The number of nitrogens with one attached hydrogen (secondary N) is 1. The minimum atomic E-state index is 0.0271. The quantitative estimate of drug-likeness (QED) is 0.935. The molecule has 3 rings (SSSR count). The monoisotopic (exact) mass is 327 g/mol.